The van der Waals surface area contributed by atoms with Gasteiger partial charge in [0, 0.05) is 26.2 Å². The number of amides is 1. The van der Waals surface area contributed by atoms with Gasteiger partial charge in [-0.3, -0.25) is 4.79 Å². The molecule has 3 fully saturated rings. The molecule has 0 aromatic carbocycles. The molecule has 1 aliphatic carbocycles. The third-order valence-corrected chi connectivity index (χ3v) is 5.31. The van der Waals surface area contributed by atoms with Crippen molar-refractivity contribution >= 4 is 11.7 Å². The van der Waals surface area contributed by atoms with Gasteiger partial charge in [0.2, 0.25) is 0 Å². The lowest BCUT2D eigenvalue weighted by Gasteiger charge is -2.18. The Hall–Kier alpha value is -1.65. The van der Waals surface area contributed by atoms with Crippen LogP contribution in [0.1, 0.15) is 42.6 Å². The van der Waals surface area contributed by atoms with Crippen molar-refractivity contribution in [3.63, 3.8) is 0 Å². The van der Waals surface area contributed by atoms with Gasteiger partial charge in [0.1, 0.15) is 0 Å². The quantitative estimate of drug-likeness (QED) is 0.834. The third-order valence-electron chi connectivity index (χ3n) is 5.31. The minimum atomic E-state index is 0.0601. The van der Waals surface area contributed by atoms with Crippen molar-refractivity contribution in [1.29, 1.82) is 0 Å². The van der Waals surface area contributed by atoms with Crippen LogP contribution in [0.25, 0.3) is 0 Å². The lowest BCUT2D eigenvalue weighted by Crippen LogP contribution is -2.30. The summed E-state index contributed by atoms with van der Waals surface area (Å²) in [7, 11) is 0. The molecule has 1 aromatic heterocycles. The lowest BCUT2D eigenvalue weighted by molar-refractivity contribution is 0.0773. The molecule has 4 rings (SSSR count). The topological polar surface area (TPSA) is 49.3 Å². The van der Waals surface area contributed by atoms with Gasteiger partial charge in [-0.2, -0.15) is 0 Å². The Morgan fingerprint density at radius 3 is 2.33 bits per heavy atom. The fraction of sp³-hybridized carbons (Fsp3) is 0.688. The van der Waals surface area contributed by atoms with Crippen LogP contribution in [-0.4, -0.2) is 47.2 Å². The molecule has 2 saturated heterocycles. The summed E-state index contributed by atoms with van der Waals surface area (Å²) in [5.74, 6) is 2.42. The molecule has 3 heterocycles. The molecule has 1 saturated carbocycles. The molecule has 5 nitrogen and oxygen atoms in total. The van der Waals surface area contributed by atoms with E-state index in [-0.39, 0.29) is 5.91 Å². The van der Waals surface area contributed by atoms with Gasteiger partial charge in [0.15, 0.2) is 11.5 Å². The highest BCUT2D eigenvalue weighted by Gasteiger charge is 2.38. The number of rotatable bonds is 2. The summed E-state index contributed by atoms with van der Waals surface area (Å²) in [6, 6.07) is 3.79. The summed E-state index contributed by atoms with van der Waals surface area (Å²) in [5.41, 5.74) is 0.498. The van der Waals surface area contributed by atoms with Crippen LogP contribution in [0.3, 0.4) is 0 Å². The average molecular weight is 286 g/mol. The maximum Gasteiger partial charge on any atom is 0.274 e. The highest BCUT2D eigenvalue weighted by Crippen LogP contribution is 2.38. The molecule has 0 spiro atoms. The lowest BCUT2D eigenvalue weighted by atomic mass is 10.0. The second-order valence-corrected chi connectivity index (χ2v) is 6.63. The summed E-state index contributed by atoms with van der Waals surface area (Å²) in [6.45, 7) is 3.94. The second-order valence-electron chi connectivity index (χ2n) is 6.63. The largest absolute Gasteiger partial charge is 0.355 e. The normalized spacial score (nSPS) is 28.2. The molecular weight excluding hydrogens is 264 g/mol. The predicted octanol–water partition coefficient (Wildman–Crippen LogP) is 1.95. The molecule has 1 aromatic rings. The first-order valence-electron chi connectivity index (χ1n) is 8.19. The maximum absolute atomic E-state index is 12.5. The van der Waals surface area contributed by atoms with Crippen molar-refractivity contribution < 1.29 is 4.79 Å². The van der Waals surface area contributed by atoms with Crippen LogP contribution < -0.4 is 4.90 Å². The molecule has 0 unspecified atom stereocenters. The van der Waals surface area contributed by atoms with E-state index in [4.69, 9.17) is 0 Å². The molecule has 112 valence electrons. The molecule has 5 heteroatoms. The van der Waals surface area contributed by atoms with Crippen molar-refractivity contribution in [1.82, 2.24) is 15.1 Å². The third kappa shape index (κ3) is 2.39. The predicted molar refractivity (Wildman–Crippen MR) is 80.2 cm³/mol. The minimum absolute atomic E-state index is 0.0601. The van der Waals surface area contributed by atoms with Crippen molar-refractivity contribution in [2.45, 2.75) is 32.1 Å². The summed E-state index contributed by atoms with van der Waals surface area (Å²) >= 11 is 0. The van der Waals surface area contributed by atoms with Crippen LogP contribution >= 0.6 is 0 Å². The van der Waals surface area contributed by atoms with E-state index in [0.29, 0.717) is 5.69 Å². The fourth-order valence-electron chi connectivity index (χ4n) is 4.12. The molecule has 3 aliphatic rings. The van der Waals surface area contributed by atoms with Crippen LogP contribution in [0.15, 0.2) is 12.1 Å². The smallest absolute Gasteiger partial charge is 0.274 e. The van der Waals surface area contributed by atoms with Crippen molar-refractivity contribution in [2.24, 2.45) is 11.8 Å². The number of hydrogen-bond acceptors (Lipinski definition) is 4. The Morgan fingerprint density at radius 2 is 1.71 bits per heavy atom. The van der Waals surface area contributed by atoms with Crippen molar-refractivity contribution in [3.05, 3.63) is 17.8 Å². The van der Waals surface area contributed by atoms with Gasteiger partial charge in [-0.15, -0.1) is 10.2 Å². The van der Waals surface area contributed by atoms with E-state index in [0.717, 1.165) is 43.8 Å². The van der Waals surface area contributed by atoms with E-state index < -0.39 is 0 Å². The molecule has 0 radical (unpaired) electrons. The number of carbonyl (C=O) groups is 1. The summed E-state index contributed by atoms with van der Waals surface area (Å²) in [4.78, 5) is 16.7. The van der Waals surface area contributed by atoms with E-state index in [9.17, 15) is 4.79 Å². The first kappa shape index (κ1) is 13.0. The molecule has 2 aliphatic heterocycles. The first-order valence-corrected chi connectivity index (χ1v) is 8.19. The van der Waals surface area contributed by atoms with E-state index >= 15 is 0 Å². The number of likely N-dealkylation sites (tertiary alicyclic amines) is 1. The number of fused-ring (bicyclic) bond motifs is 1. The van der Waals surface area contributed by atoms with Gasteiger partial charge in [0.25, 0.3) is 5.91 Å². The van der Waals surface area contributed by atoms with Crippen LogP contribution in [0.4, 0.5) is 5.82 Å². The van der Waals surface area contributed by atoms with Gasteiger partial charge in [-0.05, 0) is 49.7 Å². The van der Waals surface area contributed by atoms with E-state index in [1.807, 2.05) is 17.0 Å². The first-order chi connectivity index (χ1) is 10.3. The van der Waals surface area contributed by atoms with Gasteiger partial charge < -0.3 is 9.80 Å². The van der Waals surface area contributed by atoms with Gasteiger partial charge in [-0.1, -0.05) is 6.42 Å². The summed E-state index contributed by atoms with van der Waals surface area (Å²) < 4.78 is 0. The Kier molecular flexibility index (Phi) is 3.28. The fourth-order valence-corrected chi connectivity index (χ4v) is 4.12. The number of anilines is 1. The highest BCUT2D eigenvalue weighted by atomic mass is 16.2. The minimum Gasteiger partial charge on any atom is -0.355 e. The highest BCUT2D eigenvalue weighted by molar-refractivity contribution is 5.92. The molecule has 0 bridgehead atoms. The van der Waals surface area contributed by atoms with Crippen molar-refractivity contribution in [3.8, 4) is 0 Å². The zero-order valence-electron chi connectivity index (χ0n) is 12.4. The molecular formula is C16H22N4O. The average Bonchev–Trinajstić information content (AvgIpc) is 3.23. The Bertz CT molecular complexity index is 512. The SMILES string of the molecule is O=C(c1ccc(N2CCCC2)nn1)N1C[C@@H]2CCC[C@H]2C1. The molecule has 0 N–H and O–H groups in total. The zero-order valence-corrected chi connectivity index (χ0v) is 12.4. The standard InChI is InChI=1S/C16H22N4O/c21-16(20-10-12-4-3-5-13(12)11-20)14-6-7-15(18-17-14)19-8-1-2-9-19/h6-7,12-13H,1-5,8-11H2/t12-,13-/m0/s1. The number of aromatic nitrogens is 2. The second kappa shape index (κ2) is 5.28. The van der Waals surface area contributed by atoms with Crippen LogP contribution in [-0.2, 0) is 0 Å². The summed E-state index contributed by atoms with van der Waals surface area (Å²) in [5, 5.41) is 8.43. The van der Waals surface area contributed by atoms with Crippen molar-refractivity contribution in [2.75, 3.05) is 31.1 Å². The van der Waals surface area contributed by atoms with E-state index in [2.05, 4.69) is 15.1 Å². The Morgan fingerprint density at radius 1 is 1.00 bits per heavy atom. The van der Waals surface area contributed by atoms with Gasteiger partial charge in [-0.25, -0.2) is 0 Å². The van der Waals surface area contributed by atoms with E-state index in [1.54, 1.807) is 0 Å². The van der Waals surface area contributed by atoms with Crippen LogP contribution in [0.5, 0.6) is 0 Å². The number of hydrogen-bond donors (Lipinski definition) is 0. The monoisotopic (exact) mass is 286 g/mol. The van der Waals surface area contributed by atoms with Crippen LogP contribution in [0.2, 0.25) is 0 Å². The Labute approximate surface area is 125 Å². The molecule has 2 atom stereocenters. The van der Waals surface area contributed by atoms with E-state index in [1.165, 1.54) is 32.1 Å². The molecule has 21 heavy (non-hydrogen) atoms. The zero-order chi connectivity index (χ0) is 14.2. The summed E-state index contributed by atoms with van der Waals surface area (Å²) in [6.07, 6.45) is 6.35. The van der Waals surface area contributed by atoms with Crippen LogP contribution in [0, 0.1) is 11.8 Å². The van der Waals surface area contributed by atoms with Gasteiger partial charge in [0.05, 0.1) is 0 Å². The van der Waals surface area contributed by atoms with Gasteiger partial charge >= 0.3 is 0 Å². The number of nitrogens with zero attached hydrogens (tertiary/aromatic N) is 4. The molecule has 1 amide bonds. The Balaban J connectivity index is 1.45. The maximum atomic E-state index is 12.5. The number of carbonyl (C=O) groups excluding carboxylic acids is 1.